The molecule has 0 bridgehead atoms. The summed E-state index contributed by atoms with van der Waals surface area (Å²) < 4.78 is 12.7. The Bertz CT molecular complexity index is 913. The minimum atomic E-state index is -0.321. The highest BCUT2D eigenvalue weighted by Gasteiger charge is 2.19. The smallest absolute Gasteiger partial charge is 0.237 e. The molecule has 0 radical (unpaired) electrons. The molecule has 3 rings (SSSR count). The van der Waals surface area contributed by atoms with Crippen molar-refractivity contribution in [1.82, 2.24) is 14.8 Å². The van der Waals surface area contributed by atoms with Crippen molar-refractivity contribution in [2.45, 2.75) is 23.9 Å². The van der Waals surface area contributed by atoms with Gasteiger partial charge in [0.25, 0.3) is 0 Å². The number of carbonyl (C=O) groups excluding carboxylic acids is 1. The van der Waals surface area contributed by atoms with E-state index in [-0.39, 0.29) is 17.8 Å². The molecule has 1 N–H and O–H groups in total. The van der Waals surface area contributed by atoms with E-state index >= 15 is 0 Å². The lowest BCUT2D eigenvalue weighted by Crippen LogP contribution is -2.22. The number of rotatable bonds is 8. The Kier molecular flexibility index (Phi) is 6.54. The molecule has 0 fully saturated rings. The zero-order chi connectivity index (χ0) is 19.9. The van der Waals surface area contributed by atoms with Gasteiger partial charge in [0, 0.05) is 12.7 Å². The quantitative estimate of drug-likeness (QED) is 0.585. The monoisotopic (exact) mass is 398 g/mol. The van der Waals surface area contributed by atoms with Gasteiger partial charge in [-0.1, -0.05) is 30.0 Å². The summed E-state index contributed by atoms with van der Waals surface area (Å²) in [6, 6.07) is 16.7. The van der Waals surface area contributed by atoms with Crippen molar-refractivity contribution in [2.75, 3.05) is 12.4 Å². The molecule has 2 aromatic carbocycles. The van der Waals surface area contributed by atoms with Gasteiger partial charge in [0.2, 0.25) is 5.91 Å². The fourth-order valence-electron chi connectivity index (χ4n) is 2.37. The summed E-state index contributed by atoms with van der Waals surface area (Å²) in [5.74, 6) is 2.07. The zero-order valence-corrected chi connectivity index (χ0v) is 16.8. The molecule has 7 nitrogen and oxygen atoms in total. The molecule has 28 heavy (non-hydrogen) atoms. The molecule has 0 aliphatic rings. The minimum absolute atomic E-state index is 0.0877. The Balaban J connectivity index is 1.56. The third-order valence-electron chi connectivity index (χ3n) is 4.05. The van der Waals surface area contributed by atoms with E-state index in [9.17, 15) is 4.79 Å². The lowest BCUT2D eigenvalue weighted by molar-refractivity contribution is -0.115. The van der Waals surface area contributed by atoms with E-state index in [0.29, 0.717) is 16.7 Å². The Morgan fingerprint density at radius 2 is 1.79 bits per heavy atom. The van der Waals surface area contributed by atoms with Gasteiger partial charge in [-0.2, -0.15) is 0 Å². The minimum Gasteiger partial charge on any atom is -0.497 e. The molecule has 0 spiro atoms. The first-order valence-corrected chi connectivity index (χ1v) is 9.62. The molecular weight excluding hydrogens is 376 g/mol. The van der Waals surface area contributed by atoms with Gasteiger partial charge in [0.15, 0.2) is 11.0 Å². The van der Waals surface area contributed by atoms with E-state index in [2.05, 4.69) is 15.5 Å². The number of hydrogen-bond donors (Lipinski definition) is 1. The number of nitrogens with zero attached hydrogens (tertiary/aromatic N) is 3. The van der Waals surface area contributed by atoms with Crippen LogP contribution in [0.2, 0.25) is 0 Å². The number of hydrogen-bond acceptors (Lipinski definition) is 6. The summed E-state index contributed by atoms with van der Waals surface area (Å²) in [4.78, 5) is 12.4. The van der Waals surface area contributed by atoms with Crippen LogP contribution in [0.4, 0.5) is 5.69 Å². The number of para-hydroxylation sites is 1. The molecular formula is C20H22N4O3S. The summed E-state index contributed by atoms with van der Waals surface area (Å²) in [6.07, 6.45) is 0. The number of methoxy groups -OCH3 is 1. The second-order valence-electron chi connectivity index (χ2n) is 6.04. The van der Waals surface area contributed by atoms with E-state index in [4.69, 9.17) is 9.47 Å². The van der Waals surface area contributed by atoms with Gasteiger partial charge < -0.3 is 19.4 Å². The van der Waals surface area contributed by atoms with Crippen molar-refractivity contribution in [2.24, 2.45) is 7.05 Å². The molecule has 1 heterocycles. The van der Waals surface area contributed by atoms with Crippen LogP contribution in [0.15, 0.2) is 59.8 Å². The fourth-order valence-corrected chi connectivity index (χ4v) is 3.20. The molecule has 8 heteroatoms. The molecule has 0 saturated carbocycles. The molecule has 1 atom stereocenters. The van der Waals surface area contributed by atoms with E-state index in [1.165, 1.54) is 11.8 Å². The SMILES string of the molecule is COc1ccc(OCc2nnc(S[C@H](C)C(=O)Nc3ccccc3)n2C)cc1. The van der Waals surface area contributed by atoms with Gasteiger partial charge in [-0.3, -0.25) is 4.79 Å². The van der Waals surface area contributed by atoms with E-state index in [0.717, 1.165) is 11.4 Å². The largest absolute Gasteiger partial charge is 0.497 e. The summed E-state index contributed by atoms with van der Waals surface area (Å²) in [5.41, 5.74) is 0.770. The number of nitrogens with one attached hydrogen (secondary N) is 1. The van der Waals surface area contributed by atoms with Crippen LogP contribution in [0.1, 0.15) is 12.7 Å². The molecule has 146 valence electrons. The normalized spacial score (nSPS) is 11.7. The zero-order valence-electron chi connectivity index (χ0n) is 16.0. The number of aromatic nitrogens is 3. The van der Waals surface area contributed by atoms with Crippen LogP contribution in [0.25, 0.3) is 0 Å². The first-order valence-electron chi connectivity index (χ1n) is 8.74. The Morgan fingerprint density at radius 3 is 2.46 bits per heavy atom. The molecule has 0 saturated heterocycles. The van der Waals surface area contributed by atoms with Crippen LogP contribution in [0.3, 0.4) is 0 Å². The first-order chi connectivity index (χ1) is 13.6. The highest BCUT2D eigenvalue weighted by Crippen LogP contribution is 2.23. The molecule has 1 amide bonds. The maximum atomic E-state index is 12.4. The van der Waals surface area contributed by atoms with Gasteiger partial charge in [-0.15, -0.1) is 10.2 Å². The lowest BCUT2D eigenvalue weighted by atomic mass is 10.3. The number of ether oxygens (including phenoxy) is 2. The predicted octanol–water partition coefficient (Wildman–Crippen LogP) is 3.52. The first kappa shape index (κ1) is 19.8. The van der Waals surface area contributed by atoms with Crippen LogP contribution in [-0.4, -0.2) is 33.0 Å². The van der Waals surface area contributed by atoms with Crippen molar-refractivity contribution < 1.29 is 14.3 Å². The third kappa shape index (κ3) is 5.04. The molecule has 0 unspecified atom stereocenters. The van der Waals surface area contributed by atoms with Crippen LogP contribution in [-0.2, 0) is 18.4 Å². The summed E-state index contributed by atoms with van der Waals surface area (Å²) in [6.45, 7) is 2.12. The lowest BCUT2D eigenvalue weighted by Gasteiger charge is -2.12. The highest BCUT2D eigenvalue weighted by atomic mass is 32.2. The Morgan fingerprint density at radius 1 is 1.11 bits per heavy atom. The molecule has 0 aliphatic heterocycles. The summed E-state index contributed by atoms with van der Waals surface area (Å²) in [5, 5.41) is 11.6. The van der Waals surface area contributed by atoms with Gasteiger partial charge in [0.1, 0.15) is 18.1 Å². The second-order valence-corrected chi connectivity index (χ2v) is 7.35. The van der Waals surface area contributed by atoms with Crippen molar-refractivity contribution in [1.29, 1.82) is 0 Å². The van der Waals surface area contributed by atoms with E-state index in [1.54, 1.807) is 7.11 Å². The van der Waals surface area contributed by atoms with Crippen molar-refractivity contribution in [3.63, 3.8) is 0 Å². The van der Waals surface area contributed by atoms with Gasteiger partial charge in [-0.25, -0.2) is 0 Å². The maximum Gasteiger partial charge on any atom is 0.237 e. The topological polar surface area (TPSA) is 78.3 Å². The van der Waals surface area contributed by atoms with Crippen molar-refractivity contribution in [3.8, 4) is 11.5 Å². The standard InChI is InChI=1S/C20H22N4O3S/c1-14(19(25)21-15-7-5-4-6-8-15)28-20-23-22-18(24(20)2)13-27-17-11-9-16(26-3)10-12-17/h4-12,14H,13H2,1-3H3,(H,21,25)/t14-/m1/s1. The maximum absolute atomic E-state index is 12.4. The number of benzene rings is 2. The van der Waals surface area contributed by atoms with Crippen LogP contribution in [0, 0.1) is 0 Å². The van der Waals surface area contributed by atoms with E-state index in [1.807, 2.05) is 73.1 Å². The number of carbonyl (C=O) groups is 1. The molecule has 0 aliphatic carbocycles. The Labute approximate surface area is 168 Å². The van der Waals surface area contributed by atoms with Crippen LogP contribution < -0.4 is 14.8 Å². The van der Waals surface area contributed by atoms with Crippen LogP contribution in [0.5, 0.6) is 11.5 Å². The highest BCUT2D eigenvalue weighted by molar-refractivity contribution is 8.00. The van der Waals surface area contributed by atoms with Crippen molar-refractivity contribution in [3.05, 3.63) is 60.4 Å². The van der Waals surface area contributed by atoms with Gasteiger partial charge >= 0.3 is 0 Å². The predicted molar refractivity (Wildman–Crippen MR) is 109 cm³/mol. The average molecular weight is 398 g/mol. The van der Waals surface area contributed by atoms with E-state index < -0.39 is 0 Å². The summed E-state index contributed by atoms with van der Waals surface area (Å²) >= 11 is 1.35. The Hall–Kier alpha value is -3.00. The van der Waals surface area contributed by atoms with Gasteiger partial charge in [-0.05, 0) is 43.3 Å². The van der Waals surface area contributed by atoms with Crippen LogP contribution >= 0.6 is 11.8 Å². The molecule has 3 aromatic rings. The average Bonchev–Trinajstić information content (AvgIpc) is 3.07. The number of anilines is 1. The van der Waals surface area contributed by atoms with Gasteiger partial charge in [0.05, 0.1) is 12.4 Å². The second kappa shape index (κ2) is 9.27. The number of thioether (sulfide) groups is 1. The third-order valence-corrected chi connectivity index (χ3v) is 5.18. The van der Waals surface area contributed by atoms with Crippen molar-refractivity contribution >= 4 is 23.4 Å². The fraction of sp³-hybridized carbons (Fsp3) is 0.250. The number of amides is 1. The summed E-state index contributed by atoms with van der Waals surface area (Å²) in [7, 11) is 3.48. The molecule has 1 aromatic heterocycles.